The fourth-order valence-corrected chi connectivity index (χ4v) is 6.20. The number of aliphatic carboxylic acids is 1. The molecule has 0 bridgehead atoms. The Morgan fingerprint density at radius 1 is 1.06 bits per heavy atom. The monoisotopic (exact) mass is 652 g/mol. The van der Waals surface area contributed by atoms with E-state index in [2.05, 4.69) is 43.2 Å². The van der Waals surface area contributed by atoms with Crippen molar-refractivity contribution in [1.82, 2.24) is 14.6 Å². The highest BCUT2D eigenvalue weighted by molar-refractivity contribution is 5.80. The van der Waals surface area contributed by atoms with E-state index in [1.165, 1.54) is 0 Å². The third-order valence-corrected chi connectivity index (χ3v) is 8.62. The van der Waals surface area contributed by atoms with Gasteiger partial charge in [0.25, 0.3) is 0 Å². The smallest absolute Gasteiger partial charge is 0.337 e. The van der Waals surface area contributed by atoms with Crippen LogP contribution in [-0.2, 0) is 14.3 Å². The SMILES string of the molecule is C=CCOC1(C)CCN(c2c(C(OC(C)(C)C)C(=O)O)c(C)nc3cc(-c4cccc(-c5ccccc5O[C@@H](C)CC=C)c4)nn23)CC1. The molecule has 254 valence electrons. The predicted octanol–water partition coefficient (Wildman–Crippen LogP) is 8.22. The number of piperidine rings is 1. The number of hydrogen-bond donors (Lipinski definition) is 1. The standard InChI is InChI=1S/C39H48N4O5/c1-9-14-26(3)47-32-18-12-11-17-30(32)28-15-13-16-29(24-28)31-25-33-40-27(4)34(35(37(44)45)48-38(5,6)7)36(43(33)41-31)42-21-19-39(8,20-22-42)46-23-10-2/h9-13,15-18,24-26,35H,1-2,14,19-23H2,3-8H3,(H,44,45)/t26-,35?/m0/s1. The minimum Gasteiger partial charge on any atom is -0.490 e. The van der Waals surface area contributed by atoms with Crippen LogP contribution in [-0.4, -0.2) is 62.7 Å². The third kappa shape index (κ3) is 7.80. The van der Waals surface area contributed by atoms with Gasteiger partial charge in [-0.1, -0.05) is 48.6 Å². The number of para-hydroxylation sites is 1. The molecular weight excluding hydrogens is 604 g/mol. The Hall–Kier alpha value is -4.47. The van der Waals surface area contributed by atoms with Crippen LogP contribution in [0.5, 0.6) is 5.75 Å². The van der Waals surface area contributed by atoms with Gasteiger partial charge in [0, 0.05) is 42.4 Å². The first kappa shape index (κ1) is 34.9. The number of carboxylic acids is 1. The second-order valence-electron chi connectivity index (χ2n) is 13.7. The summed E-state index contributed by atoms with van der Waals surface area (Å²) in [5.74, 6) is 0.406. The molecule has 0 spiro atoms. The summed E-state index contributed by atoms with van der Waals surface area (Å²) in [5, 5.41) is 15.6. The van der Waals surface area contributed by atoms with Crippen LogP contribution in [0, 0.1) is 6.92 Å². The molecule has 1 unspecified atom stereocenters. The van der Waals surface area contributed by atoms with Crippen molar-refractivity contribution >= 4 is 17.4 Å². The maximum Gasteiger partial charge on any atom is 0.337 e. The molecule has 2 aromatic carbocycles. The topological polar surface area (TPSA) is 98.4 Å². The molecule has 0 saturated carbocycles. The summed E-state index contributed by atoms with van der Waals surface area (Å²) in [6, 6.07) is 18.2. The van der Waals surface area contributed by atoms with E-state index in [0.717, 1.165) is 47.4 Å². The van der Waals surface area contributed by atoms with E-state index in [0.29, 0.717) is 42.4 Å². The van der Waals surface area contributed by atoms with Gasteiger partial charge in [-0.05, 0) is 72.1 Å². The number of hydrogen-bond acceptors (Lipinski definition) is 7. The van der Waals surface area contributed by atoms with Crippen LogP contribution in [0.25, 0.3) is 28.0 Å². The van der Waals surface area contributed by atoms with Gasteiger partial charge in [-0.3, -0.25) is 0 Å². The molecule has 3 heterocycles. The van der Waals surface area contributed by atoms with Crippen LogP contribution in [0.3, 0.4) is 0 Å². The molecule has 0 radical (unpaired) electrons. The van der Waals surface area contributed by atoms with Crippen molar-refractivity contribution in [3.63, 3.8) is 0 Å². The number of rotatable bonds is 13. The highest BCUT2D eigenvalue weighted by atomic mass is 16.5. The number of aryl methyl sites for hydroxylation is 1. The quantitative estimate of drug-likeness (QED) is 0.144. The molecule has 48 heavy (non-hydrogen) atoms. The molecule has 1 N–H and O–H groups in total. The molecule has 9 nitrogen and oxygen atoms in total. The van der Waals surface area contributed by atoms with Gasteiger partial charge in [0.2, 0.25) is 0 Å². The van der Waals surface area contributed by atoms with E-state index < -0.39 is 17.7 Å². The van der Waals surface area contributed by atoms with Crippen LogP contribution >= 0.6 is 0 Å². The van der Waals surface area contributed by atoms with Crippen molar-refractivity contribution in [2.75, 3.05) is 24.6 Å². The zero-order valence-corrected chi connectivity index (χ0v) is 29.0. The molecule has 1 aliphatic heterocycles. The number of fused-ring (bicyclic) bond motifs is 1. The van der Waals surface area contributed by atoms with Crippen LogP contribution in [0.1, 0.15) is 71.2 Å². The number of benzene rings is 2. The minimum atomic E-state index is -1.24. The number of aromatic nitrogens is 3. The van der Waals surface area contributed by atoms with Gasteiger partial charge in [0.1, 0.15) is 11.6 Å². The van der Waals surface area contributed by atoms with Gasteiger partial charge in [-0.15, -0.1) is 13.2 Å². The fourth-order valence-electron chi connectivity index (χ4n) is 6.20. The Morgan fingerprint density at radius 3 is 2.44 bits per heavy atom. The van der Waals surface area contributed by atoms with Crippen LogP contribution < -0.4 is 9.64 Å². The fraction of sp³-hybridized carbons (Fsp3) is 0.410. The number of anilines is 1. The third-order valence-electron chi connectivity index (χ3n) is 8.62. The first-order valence-corrected chi connectivity index (χ1v) is 16.6. The van der Waals surface area contributed by atoms with Crippen molar-refractivity contribution in [3.8, 4) is 28.1 Å². The Kier molecular flexibility index (Phi) is 10.4. The van der Waals surface area contributed by atoms with E-state index in [9.17, 15) is 9.90 Å². The van der Waals surface area contributed by atoms with Gasteiger partial charge in [-0.25, -0.2) is 9.78 Å². The van der Waals surface area contributed by atoms with Gasteiger partial charge in [0.15, 0.2) is 11.8 Å². The summed E-state index contributed by atoms with van der Waals surface area (Å²) in [6.07, 6.45) is 4.63. The molecule has 2 atom stereocenters. The summed E-state index contributed by atoms with van der Waals surface area (Å²) >= 11 is 0. The molecule has 1 fully saturated rings. The van der Waals surface area contributed by atoms with Crippen molar-refractivity contribution in [2.45, 2.75) is 84.2 Å². The molecular formula is C39H48N4O5. The maximum absolute atomic E-state index is 12.8. The molecule has 2 aromatic heterocycles. The minimum absolute atomic E-state index is 0.00898. The van der Waals surface area contributed by atoms with Gasteiger partial charge < -0.3 is 24.2 Å². The van der Waals surface area contributed by atoms with Gasteiger partial charge >= 0.3 is 5.97 Å². The van der Waals surface area contributed by atoms with Crippen LogP contribution in [0.15, 0.2) is 79.9 Å². The number of ether oxygens (including phenoxy) is 3. The zero-order chi connectivity index (χ0) is 34.6. The summed E-state index contributed by atoms with van der Waals surface area (Å²) in [7, 11) is 0. The Balaban J connectivity index is 1.61. The van der Waals surface area contributed by atoms with Crippen LogP contribution in [0.4, 0.5) is 5.82 Å². The van der Waals surface area contributed by atoms with E-state index in [1.807, 2.05) is 77.1 Å². The average Bonchev–Trinajstić information content (AvgIpc) is 3.46. The Morgan fingerprint density at radius 2 is 1.77 bits per heavy atom. The van der Waals surface area contributed by atoms with Gasteiger partial charge in [0.05, 0.1) is 35.2 Å². The lowest BCUT2D eigenvalue weighted by Gasteiger charge is -2.41. The Bertz CT molecular complexity index is 1780. The molecule has 1 saturated heterocycles. The number of carbonyl (C=O) groups is 1. The van der Waals surface area contributed by atoms with E-state index in [1.54, 1.807) is 10.6 Å². The zero-order valence-electron chi connectivity index (χ0n) is 29.0. The van der Waals surface area contributed by atoms with Crippen LogP contribution in [0.2, 0.25) is 0 Å². The molecule has 9 heteroatoms. The summed E-state index contributed by atoms with van der Waals surface area (Å²) in [4.78, 5) is 19.9. The largest absolute Gasteiger partial charge is 0.490 e. The molecule has 0 amide bonds. The number of nitrogens with zero attached hydrogens (tertiary/aromatic N) is 4. The highest BCUT2D eigenvalue weighted by Gasteiger charge is 2.37. The van der Waals surface area contributed by atoms with Crippen molar-refractivity contribution in [3.05, 3.63) is 91.2 Å². The van der Waals surface area contributed by atoms with E-state index in [4.69, 9.17) is 24.3 Å². The molecule has 4 aromatic rings. The number of carboxylic acid groups (broad SMARTS) is 1. The lowest BCUT2D eigenvalue weighted by Crippen LogP contribution is -2.45. The van der Waals surface area contributed by atoms with Gasteiger partial charge in [-0.2, -0.15) is 9.61 Å². The van der Waals surface area contributed by atoms with E-state index in [-0.39, 0.29) is 11.7 Å². The molecule has 0 aliphatic carbocycles. The highest BCUT2D eigenvalue weighted by Crippen LogP contribution is 2.39. The van der Waals surface area contributed by atoms with Crippen molar-refractivity contribution < 1.29 is 24.1 Å². The second kappa shape index (κ2) is 14.3. The lowest BCUT2D eigenvalue weighted by atomic mass is 9.92. The van der Waals surface area contributed by atoms with E-state index >= 15 is 0 Å². The first-order chi connectivity index (χ1) is 22.8. The summed E-state index contributed by atoms with van der Waals surface area (Å²) in [6.45, 7) is 21.0. The van der Waals surface area contributed by atoms with Crippen molar-refractivity contribution in [2.24, 2.45) is 0 Å². The molecule has 5 rings (SSSR count). The lowest BCUT2D eigenvalue weighted by molar-refractivity contribution is -0.160. The molecule has 1 aliphatic rings. The maximum atomic E-state index is 12.8. The summed E-state index contributed by atoms with van der Waals surface area (Å²) < 4.78 is 20.4. The first-order valence-electron chi connectivity index (χ1n) is 16.6. The Labute approximate surface area is 283 Å². The normalized spacial score (nSPS) is 16.0. The summed E-state index contributed by atoms with van der Waals surface area (Å²) in [5.41, 5.74) is 4.31. The average molecular weight is 653 g/mol. The predicted molar refractivity (Wildman–Crippen MR) is 191 cm³/mol. The second-order valence-corrected chi connectivity index (χ2v) is 13.7. The van der Waals surface area contributed by atoms with Crippen molar-refractivity contribution in [1.29, 1.82) is 0 Å².